The summed E-state index contributed by atoms with van der Waals surface area (Å²) in [5, 5.41) is 4.84. The van der Waals surface area contributed by atoms with Crippen molar-refractivity contribution in [2.45, 2.75) is 37.6 Å². The molecule has 2 aromatic carbocycles. The molecule has 60 heavy (non-hydrogen) atoms. The quantitative estimate of drug-likeness (QED) is 0.126. The number of amides is 3. The van der Waals surface area contributed by atoms with Crippen LogP contribution in [0, 0.1) is 0 Å². The van der Waals surface area contributed by atoms with E-state index in [0.29, 0.717) is 12.1 Å². The molecular weight excluding hydrogens is 771 g/mol. The molecular formula is C45H42F2N8O5. The second kappa shape index (κ2) is 16.1. The third kappa shape index (κ3) is 7.87. The van der Waals surface area contributed by atoms with Crippen LogP contribution in [0.3, 0.4) is 0 Å². The summed E-state index contributed by atoms with van der Waals surface area (Å²) in [5.74, 6) is -4.66. The maximum atomic E-state index is 15.0. The molecule has 3 aliphatic rings. The molecule has 1 unspecified atom stereocenters. The van der Waals surface area contributed by atoms with Gasteiger partial charge in [-0.1, -0.05) is 30.8 Å². The number of pyridine rings is 3. The molecule has 2 saturated heterocycles. The largest absolute Gasteiger partial charge is 0.486 e. The summed E-state index contributed by atoms with van der Waals surface area (Å²) in [6.45, 7) is 5.90. The maximum absolute atomic E-state index is 15.0. The number of aromatic nitrogens is 4. The monoisotopic (exact) mass is 812 g/mol. The molecule has 2 fully saturated rings. The highest BCUT2D eigenvalue weighted by molar-refractivity contribution is 6.24. The number of rotatable bonds is 13. The lowest BCUT2D eigenvalue weighted by atomic mass is 10.0. The predicted octanol–water partition coefficient (Wildman–Crippen LogP) is 6.41. The molecule has 3 aliphatic heterocycles. The first kappa shape index (κ1) is 38.8. The van der Waals surface area contributed by atoms with Gasteiger partial charge in [-0.2, -0.15) is 8.78 Å². The average molecular weight is 813 g/mol. The van der Waals surface area contributed by atoms with Crippen molar-refractivity contribution in [2.75, 3.05) is 50.8 Å². The molecule has 6 aromatic rings. The van der Waals surface area contributed by atoms with E-state index in [1.807, 2.05) is 18.5 Å². The van der Waals surface area contributed by atoms with Crippen molar-refractivity contribution in [3.8, 4) is 22.6 Å². The van der Waals surface area contributed by atoms with Crippen molar-refractivity contribution in [1.29, 1.82) is 0 Å². The Labute approximate surface area is 344 Å². The average Bonchev–Trinajstić information content (AvgIpc) is 3.76. The van der Waals surface area contributed by atoms with Crippen LogP contribution in [0.15, 0.2) is 104 Å². The minimum absolute atomic E-state index is 0.00707. The summed E-state index contributed by atoms with van der Waals surface area (Å²) in [7, 11) is 0. The number of aromatic amines is 1. The van der Waals surface area contributed by atoms with Crippen LogP contribution in [0.4, 0.5) is 14.6 Å². The van der Waals surface area contributed by atoms with E-state index in [0.717, 1.165) is 94.9 Å². The second-order valence-electron chi connectivity index (χ2n) is 15.4. The third-order valence-electron chi connectivity index (χ3n) is 11.3. The van der Waals surface area contributed by atoms with Gasteiger partial charge in [-0.15, -0.1) is 0 Å². The number of anilines is 1. The highest BCUT2D eigenvalue weighted by Gasteiger charge is 2.46. The SMILES string of the molecule is C=C1CCC(N2C(=O)c3cccc(OCC(F)(F)COc4ccc(N5CCN(CCCc6ccc(-c7ccc8c(c7)[nH]c7ccncc78)cn6)CC5)nc4)c3C2=O)C(=O)N1. The Balaban J connectivity index is 0.710. The number of hydrogen-bond acceptors (Lipinski definition) is 10. The first-order chi connectivity index (χ1) is 29.1. The van der Waals surface area contributed by atoms with Gasteiger partial charge in [-0.3, -0.25) is 34.2 Å². The number of alkyl halides is 2. The number of nitrogens with one attached hydrogen (secondary N) is 2. The summed E-state index contributed by atoms with van der Waals surface area (Å²) in [6, 6.07) is 19.2. The van der Waals surface area contributed by atoms with Crippen molar-refractivity contribution in [2.24, 2.45) is 0 Å². The van der Waals surface area contributed by atoms with Gasteiger partial charge >= 0.3 is 5.92 Å². The zero-order valence-corrected chi connectivity index (χ0v) is 32.7. The lowest BCUT2D eigenvalue weighted by Gasteiger charge is -2.35. The van der Waals surface area contributed by atoms with E-state index in [4.69, 9.17) is 14.5 Å². The minimum Gasteiger partial charge on any atom is -0.486 e. The van der Waals surface area contributed by atoms with Gasteiger partial charge in [-0.05, 0) is 80.3 Å². The van der Waals surface area contributed by atoms with Crippen molar-refractivity contribution in [3.63, 3.8) is 0 Å². The van der Waals surface area contributed by atoms with Gasteiger partial charge in [0.05, 0.1) is 17.3 Å². The fraction of sp³-hybridized carbons (Fsp3) is 0.289. The Kier molecular flexibility index (Phi) is 10.4. The predicted molar refractivity (Wildman–Crippen MR) is 221 cm³/mol. The number of benzene rings is 2. The molecule has 4 aromatic heterocycles. The Morgan fingerprint density at radius 3 is 2.45 bits per heavy atom. The van der Waals surface area contributed by atoms with Crippen LogP contribution in [0.1, 0.15) is 45.7 Å². The topological polar surface area (TPSA) is 146 Å². The van der Waals surface area contributed by atoms with Gasteiger partial charge in [0, 0.05) is 83.5 Å². The van der Waals surface area contributed by atoms with Gasteiger partial charge in [0.15, 0.2) is 13.2 Å². The summed E-state index contributed by atoms with van der Waals surface area (Å²) in [4.78, 5) is 61.4. The van der Waals surface area contributed by atoms with Crippen LogP contribution in [0.25, 0.3) is 32.9 Å². The lowest BCUT2D eigenvalue weighted by molar-refractivity contribution is -0.125. The molecule has 15 heteroatoms. The van der Waals surface area contributed by atoms with Crippen LogP contribution >= 0.6 is 0 Å². The van der Waals surface area contributed by atoms with Gasteiger partial charge in [0.2, 0.25) is 5.91 Å². The van der Waals surface area contributed by atoms with Crippen molar-refractivity contribution in [3.05, 3.63) is 121 Å². The highest BCUT2D eigenvalue weighted by atomic mass is 19.3. The number of ether oxygens (including phenoxy) is 2. The van der Waals surface area contributed by atoms with E-state index < -0.39 is 42.9 Å². The number of hydrogen-bond donors (Lipinski definition) is 2. The molecule has 0 bridgehead atoms. The number of aryl methyl sites for hydroxylation is 1. The number of carbonyl (C=O) groups is 3. The smallest absolute Gasteiger partial charge is 0.314 e. The Hall–Kier alpha value is -6.74. The number of piperazine rings is 1. The molecule has 7 heterocycles. The van der Waals surface area contributed by atoms with Crippen LogP contribution in [0.2, 0.25) is 0 Å². The van der Waals surface area contributed by atoms with E-state index in [-0.39, 0.29) is 29.0 Å². The van der Waals surface area contributed by atoms with E-state index in [1.165, 1.54) is 24.4 Å². The van der Waals surface area contributed by atoms with Crippen LogP contribution in [-0.2, 0) is 11.2 Å². The van der Waals surface area contributed by atoms with Crippen LogP contribution < -0.4 is 19.7 Å². The van der Waals surface area contributed by atoms with Crippen LogP contribution in [0.5, 0.6) is 11.5 Å². The minimum atomic E-state index is -3.45. The third-order valence-corrected chi connectivity index (χ3v) is 11.3. The van der Waals surface area contributed by atoms with Gasteiger partial charge in [-0.25, -0.2) is 4.98 Å². The van der Waals surface area contributed by atoms with Gasteiger partial charge < -0.3 is 24.7 Å². The fourth-order valence-electron chi connectivity index (χ4n) is 8.10. The molecule has 9 rings (SSSR count). The van der Waals surface area contributed by atoms with E-state index in [9.17, 15) is 14.4 Å². The van der Waals surface area contributed by atoms with Gasteiger partial charge in [0.25, 0.3) is 11.8 Å². The normalized spacial score (nSPS) is 17.4. The molecule has 2 N–H and O–H groups in total. The van der Waals surface area contributed by atoms with E-state index in [1.54, 1.807) is 18.3 Å². The van der Waals surface area contributed by atoms with Gasteiger partial charge in [0.1, 0.15) is 23.4 Å². The van der Waals surface area contributed by atoms with Crippen molar-refractivity contribution in [1.82, 2.24) is 35.1 Å². The summed E-state index contributed by atoms with van der Waals surface area (Å²) in [5.41, 5.74) is 5.74. The Morgan fingerprint density at radius 2 is 1.67 bits per heavy atom. The zero-order chi connectivity index (χ0) is 41.4. The molecule has 13 nitrogen and oxygen atoms in total. The molecule has 0 radical (unpaired) electrons. The number of H-pyrrole nitrogens is 1. The zero-order valence-electron chi connectivity index (χ0n) is 32.7. The Bertz CT molecular complexity index is 2610. The Morgan fingerprint density at radius 1 is 0.833 bits per heavy atom. The first-order valence-corrected chi connectivity index (χ1v) is 20.0. The number of halogens is 2. The number of nitrogens with zero attached hydrogens (tertiary/aromatic N) is 6. The standard InChI is InChI=1S/C45H42F2N8O5/c1-28-7-13-38(42(56)51-28)55-43(57)34-5-2-6-39(41(34)44(55)58)60-27-45(46,47)26-59-32-11-14-40(50-24-32)54-20-18-53(19-21-54)17-3-4-31-10-8-30(23-49-31)29-9-12-33-35-25-48-16-15-36(35)52-37(33)22-29/h2,5-6,8-12,14-16,22-25,38,52H,1,3-4,7,13,17-21,26-27H2,(H,51,56). The van der Waals surface area contributed by atoms with E-state index >= 15 is 8.78 Å². The van der Waals surface area contributed by atoms with Crippen molar-refractivity contribution >= 4 is 45.3 Å². The number of imide groups is 1. The molecule has 3 amide bonds. The molecule has 1 atom stereocenters. The maximum Gasteiger partial charge on any atom is 0.314 e. The van der Waals surface area contributed by atoms with Crippen LogP contribution in [-0.4, -0.2) is 105 Å². The van der Waals surface area contributed by atoms with E-state index in [2.05, 4.69) is 67.0 Å². The molecule has 0 aliphatic carbocycles. The second-order valence-corrected chi connectivity index (χ2v) is 15.4. The molecule has 306 valence electrons. The number of piperidine rings is 1. The summed E-state index contributed by atoms with van der Waals surface area (Å²) in [6.07, 6.45) is 9.54. The lowest BCUT2D eigenvalue weighted by Crippen LogP contribution is -2.51. The highest BCUT2D eigenvalue weighted by Crippen LogP contribution is 2.35. The molecule has 0 spiro atoms. The number of allylic oxidation sites excluding steroid dienone is 1. The first-order valence-electron chi connectivity index (χ1n) is 20.0. The number of fused-ring (bicyclic) bond motifs is 4. The fourth-order valence-corrected chi connectivity index (χ4v) is 8.10. The summed E-state index contributed by atoms with van der Waals surface area (Å²) >= 11 is 0. The summed E-state index contributed by atoms with van der Waals surface area (Å²) < 4.78 is 40.8. The molecule has 0 saturated carbocycles. The number of carbonyl (C=O) groups excluding carboxylic acids is 3. The van der Waals surface area contributed by atoms with Crippen molar-refractivity contribution < 1.29 is 32.6 Å².